The summed E-state index contributed by atoms with van der Waals surface area (Å²) in [6.45, 7) is 4.97. The maximum absolute atomic E-state index is 2.63. The Morgan fingerprint density at radius 3 is 2.41 bits per heavy atom. The van der Waals surface area contributed by atoms with E-state index in [9.17, 15) is 0 Å². The molecule has 0 amide bonds. The molecule has 2 aliphatic carbocycles. The fraction of sp³-hybridized carbons (Fsp3) is 0.655. The lowest BCUT2D eigenvalue weighted by atomic mass is 9.64. The highest BCUT2D eigenvalue weighted by Crippen LogP contribution is 2.47. The summed E-state index contributed by atoms with van der Waals surface area (Å²) < 4.78 is 0. The molecule has 0 spiro atoms. The Morgan fingerprint density at radius 1 is 0.828 bits per heavy atom. The molecule has 0 saturated heterocycles. The SMILES string of the molecule is CCCCCC1CCCCC1C(C)C1CCC(c2cccc3ccccc23)CC1. The molecule has 3 unspecified atom stereocenters. The molecule has 2 saturated carbocycles. The highest BCUT2D eigenvalue weighted by molar-refractivity contribution is 5.86. The van der Waals surface area contributed by atoms with E-state index in [1.54, 1.807) is 5.56 Å². The van der Waals surface area contributed by atoms with Crippen molar-refractivity contribution in [2.75, 3.05) is 0 Å². The normalized spacial score (nSPS) is 29.0. The summed E-state index contributed by atoms with van der Waals surface area (Å²) >= 11 is 0. The molecular formula is C29H42. The van der Waals surface area contributed by atoms with Crippen LogP contribution in [-0.2, 0) is 0 Å². The molecule has 0 nitrogen and oxygen atoms in total. The lowest BCUT2D eigenvalue weighted by Crippen LogP contribution is -2.31. The number of hydrogen-bond donors (Lipinski definition) is 0. The lowest BCUT2D eigenvalue weighted by molar-refractivity contribution is 0.0965. The van der Waals surface area contributed by atoms with Gasteiger partial charge in [-0.15, -0.1) is 0 Å². The maximum atomic E-state index is 2.63. The highest BCUT2D eigenvalue weighted by atomic mass is 14.4. The van der Waals surface area contributed by atoms with Gasteiger partial charge in [0.25, 0.3) is 0 Å². The summed E-state index contributed by atoms with van der Waals surface area (Å²) in [7, 11) is 0. The van der Waals surface area contributed by atoms with Gasteiger partial charge < -0.3 is 0 Å². The molecule has 2 aliphatic rings. The molecule has 0 aromatic heterocycles. The quantitative estimate of drug-likeness (QED) is 0.413. The summed E-state index contributed by atoms with van der Waals surface area (Å²) in [5, 5.41) is 2.91. The third-order valence-electron chi connectivity index (χ3n) is 8.60. The van der Waals surface area contributed by atoms with Crippen LogP contribution in [0.3, 0.4) is 0 Å². The van der Waals surface area contributed by atoms with Crippen molar-refractivity contribution in [3.63, 3.8) is 0 Å². The van der Waals surface area contributed by atoms with E-state index in [0.717, 1.165) is 29.6 Å². The van der Waals surface area contributed by atoms with Gasteiger partial charge in [-0.05, 0) is 78.0 Å². The van der Waals surface area contributed by atoms with Crippen molar-refractivity contribution in [2.45, 2.75) is 96.8 Å². The van der Waals surface area contributed by atoms with Crippen LogP contribution in [0.15, 0.2) is 42.5 Å². The standard InChI is InChI=1S/C29H42/c1-3-4-5-11-24-12-6-8-15-27(24)22(2)23-18-20-26(21-19-23)29-17-10-14-25-13-7-9-16-28(25)29/h7,9-10,13-14,16-17,22-24,26-27H,3-6,8,11-12,15,18-21H2,1-2H3. The van der Waals surface area contributed by atoms with Gasteiger partial charge in [-0.2, -0.15) is 0 Å². The minimum atomic E-state index is 0.774. The average molecular weight is 391 g/mol. The van der Waals surface area contributed by atoms with Crippen molar-refractivity contribution < 1.29 is 0 Å². The van der Waals surface area contributed by atoms with Crippen LogP contribution < -0.4 is 0 Å². The molecule has 0 aliphatic heterocycles. The molecule has 0 heterocycles. The predicted octanol–water partition coefficient (Wildman–Crippen LogP) is 9.14. The number of unbranched alkanes of at least 4 members (excludes halogenated alkanes) is 2. The van der Waals surface area contributed by atoms with E-state index >= 15 is 0 Å². The van der Waals surface area contributed by atoms with Crippen molar-refractivity contribution in [1.29, 1.82) is 0 Å². The van der Waals surface area contributed by atoms with Crippen LogP contribution in [0.5, 0.6) is 0 Å². The molecule has 29 heavy (non-hydrogen) atoms. The van der Waals surface area contributed by atoms with Gasteiger partial charge in [0, 0.05) is 0 Å². The van der Waals surface area contributed by atoms with Crippen LogP contribution in [0.1, 0.15) is 102 Å². The number of hydrogen-bond acceptors (Lipinski definition) is 0. The third kappa shape index (κ3) is 4.89. The van der Waals surface area contributed by atoms with Gasteiger partial charge >= 0.3 is 0 Å². The molecular weight excluding hydrogens is 348 g/mol. The zero-order chi connectivity index (χ0) is 20.1. The first kappa shape index (κ1) is 21.0. The van der Waals surface area contributed by atoms with Crippen LogP contribution in [0.4, 0.5) is 0 Å². The maximum Gasteiger partial charge on any atom is -0.0149 e. The van der Waals surface area contributed by atoms with Crippen molar-refractivity contribution in [3.8, 4) is 0 Å². The Kier molecular flexibility index (Phi) is 7.33. The van der Waals surface area contributed by atoms with Crippen molar-refractivity contribution in [3.05, 3.63) is 48.0 Å². The second-order valence-electron chi connectivity index (χ2n) is 10.2. The Morgan fingerprint density at radius 2 is 1.59 bits per heavy atom. The molecule has 158 valence electrons. The van der Waals surface area contributed by atoms with Gasteiger partial charge in [0.15, 0.2) is 0 Å². The molecule has 0 N–H and O–H groups in total. The Bertz CT molecular complexity index is 746. The van der Waals surface area contributed by atoms with Crippen molar-refractivity contribution in [2.24, 2.45) is 23.7 Å². The van der Waals surface area contributed by atoms with Gasteiger partial charge in [-0.1, -0.05) is 101 Å². The summed E-state index contributed by atoms with van der Waals surface area (Å²) in [5.41, 5.74) is 1.62. The Balaban J connectivity index is 1.38. The second-order valence-corrected chi connectivity index (χ2v) is 10.2. The van der Waals surface area contributed by atoms with Gasteiger partial charge in [0.05, 0.1) is 0 Å². The second kappa shape index (κ2) is 10.1. The first-order chi connectivity index (χ1) is 14.3. The van der Waals surface area contributed by atoms with Crippen LogP contribution in [0.25, 0.3) is 10.8 Å². The van der Waals surface area contributed by atoms with E-state index in [2.05, 4.69) is 56.3 Å². The molecule has 0 radical (unpaired) electrons. The fourth-order valence-corrected chi connectivity index (χ4v) is 6.86. The smallest absolute Gasteiger partial charge is 0.0149 e. The molecule has 0 bridgehead atoms. The van der Waals surface area contributed by atoms with Crippen LogP contribution in [0, 0.1) is 23.7 Å². The zero-order valence-electron chi connectivity index (χ0n) is 18.9. The minimum Gasteiger partial charge on any atom is -0.0654 e. The number of benzene rings is 2. The van der Waals surface area contributed by atoms with Crippen LogP contribution in [0.2, 0.25) is 0 Å². The molecule has 2 fully saturated rings. The summed E-state index contributed by atoms with van der Waals surface area (Å²) in [6, 6.07) is 15.9. The van der Waals surface area contributed by atoms with Gasteiger partial charge in [0.1, 0.15) is 0 Å². The van der Waals surface area contributed by atoms with E-state index in [0.29, 0.717) is 0 Å². The summed E-state index contributed by atoms with van der Waals surface area (Å²) in [6.07, 6.45) is 17.5. The molecule has 0 heteroatoms. The van der Waals surface area contributed by atoms with Gasteiger partial charge in [-0.3, -0.25) is 0 Å². The van der Waals surface area contributed by atoms with E-state index in [4.69, 9.17) is 0 Å². The van der Waals surface area contributed by atoms with Crippen molar-refractivity contribution in [1.82, 2.24) is 0 Å². The molecule has 3 atom stereocenters. The van der Waals surface area contributed by atoms with Crippen molar-refractivity contribution >= 4 is 10.8 Å². The topological polar surface area (TPSA) is 0 Å². The number of fused-ring (bicyclic) bond motifs is 1. The Hall–Kier alpha value is -1.30. The lowest BCUT2D eigenvalue weighted by Gasteiger charge is -2.42. The average Bonchev–Trinajstić information content (AvgIpc) is 2.79. The zero-order valence-corrected chi connectivity index (χ0v) is 18.9. The first-order valence-corrected chi connectivity index (χ1v) is 12.8. The van der Waals surface area contributed by atoms with Crippen LogP contribution >= 0.6 is 0 Å². The van der Waals surface area contributed by atoms with E-state index < -0.39 is 0 Å². The number of rotatable bonds is 7. The Labute approximate surface area is 179 Å². The molecule has 2 aromatic rings. The largest absolute Gasteiger partial charge is 0.0654 e. The fourth-order valence-electron chi connectivity index (χ4n) is 6.86. The predicted molar refractivity (Wildman–Crippen MR) is 127 cm³/mol. The van der Waals surface area contributed by atoms with E-state index in [-0.39, 0.29) is 0 Å². The molecule has 2 aromatic carbocycles. The van der Waals surface area contributed by atoms with E-state index in [1.165, 1.54) is 87.8 Å². The molecule has 4 rings (SSSR count). The monoisotopic (exact) mass is 390 g/mol. The summed E-state index contributed by atoms with van der Waals surface area (Å²) in [5.74, 6) is 4.73. The summed E-state index contributed by atoms with van der Waals surface area (Å²) in [4.78, 5) is 0. The highest BCUT2D eigenvalue weighted by Gasteiger charge is 2.35. The van der Waals surface area contributed by atoms with Crippen LogP contribution in [-0.4, -0.2) is 0 Å². The van der Waals surface area contributed by atoms with Gasteiger partial charge in [0.2, 0.25) is 0 Å². The van der Waals surface area contributed by atoms with E-state index in [1.807, 2.05) is 0 Å². The minimum absolute atomic E-state index is 0.774. The van der Waals surface area contributed by atoms with Gasteiger partial charge in [-0.25, -0.2) is 0 Å². The third-order valence-corrected chi connectivity index (χ3v) is 8.60. The first-order valence-electron chi connectivity index (χ1n) is 12.8.